The van der Waals surface area contributed by atoms with Crippen molar-refractivity contribution in [1.82, 2.24) is 5.32 Å². The third kappa shape index (κ3) is 7.24. The van der Waals surface area contributed by atoms with Gasteiger partial charge >= 0.3 is 0 Å². The molecule has 2 aromatic rings. The summed E-state index contributed by atoms with van der Waals surface area (Å²) >= 11 is 6.20. The van der Waals surface area contributed by atoms with Gasteiger partial charge in [0.1, 0.15) is 5.82 Å². The van der Waals surface area contributed by atoms with Crippen LogP contribution in [0, 0.1) is 17.7 Å². The predicted molar refractivity (Wildman–Crippen MR) is 141 cm³/mol. The lowest BCUT2D eigenvalue weighted by molar-refractivity contribution is -0.132. The van der Waals surface area contributed by atoms with Crippen molar-refractivity contribution in [3.05, 3.63) is 77.1 Å². The van der Waals surface area contributed by atoms with Crippen molar-refractivity contribution in [2.75, 3.05) is 11.9 Å². The highest BCUT2D eigenvalue weighted by Gasteiger charge is 2.33. The number of primary amides is 1. The van der Waals surface area contributed by atoms with Crippen molar-refractivity contribution in [2.24, 2.45) is 22.6 Å². The highest BCUT2D eigenvalue weighted by Crippen LogP contribution is 2.30. The SMILES string of the molecule is C=CC.CC(C)CC(CC(N)=O)C(=O)NC1N=C(c2ccccc2F)c2cc(Cl)ccc2N(C)C1=O. The summed E-state index contributed by atoms with van der Waals surface area (Å²) in [5, 5.41) is 3.03. The number of fused-ring (bicyclic) bond motifs is 1. The van der Waals surface area contributed by atoms with Crippen molar-refractivity contribution in [1.29, 1.82) is 0 Å². The fraction of sp³-hybridized carbons (Fsp3) is 0.333. The molecule has 1 aliphatic heterocycles. The van der Waals surface area contributed by atoms with Crippen molar-refractivity contribution >= 4 is 40.7 Å². The number of benzene rings is 2. The molecule has 0 aromatic heterocycles. The highest BCUT2D eigenvalue weighted by atomic mass is 35.5. The molecule has 3 N–H and O–H groups in total. The van der Waals surface area contributed by atoms with Crippen LogP contribution in [0.15, 0.2) is 60.1 Å². The first-order chi connectivity index (χ1) is 17.0. The quantitative estimate of drug-likeness (QED) is 0.533. The topological polar surface area (TPSA) is 105 Å². The van der Waals surface area contributed by atoms with Crippen molar-refractivity contribution in [2.45, 2.75) is 39.8 Å². The molecule has 1 aliphatic rings. The molecule has 2 atom stereocenters. The van der Waals surface area contributed by atoms with Gasteiger partial charge in [0.15, 0.2) is 0 Å². The van der Waals surface area contributed by atoms with Gasteiger partial charge in [0.2, 0.25) is 18.0 Å². The monoisotopic (exact) mass is 514 g/mol. The Morgan fingerprint density at radius 2 is 1.89 bits per heavy atom. The number of rotatable bonds is 7. The molecule has 2 unspecified atom stereocenters. The summed E-state index contributed by atoms with van der Waals surface area (Å²) in [6, 6.07) is 10.9. The van der Waals surface area contributed by atoms with Gasteiger partial charge in [-0.15, -0.1) is 6.58 Å². The molecular formula is C27H32ClFN4O3. The van der Waals surface area contributed by atoms with E-state index in [1.54, 1.807) is 49.5 Å². The molecule has 7 nitrogen and oxygen atoms in total. The Labute approximate surface area is 216 Å². The second-order valence-electron chi connectivity index (χ2n) is 8.83. The van der Waals surface area contributed by atoms with Gasteiger partial charge in [-0.05, 0) is 49.6 Å². The number of aliphatic imine (C=N–C) groups is 1. The number of likely N-dealkylation sites (N-methyl/N-ethyl adjacent to an activating group) is 1. The third-order valence-electron chi connectivity index (χ3n) is 5.38. The molecule has 9 heteroatoms. The van der Waals surface area contributed by atoms with Gasteiger partial charge in [0.05, 0.1) is 11.4 Å². The van der Waals surface area contributed by atoms with E-state index >= 15 is 0 Å². The first-order valence-corrected chi connectivity index (χ1v) is 11.9. The van der Waals surface area contributed by atoms with E-state index in [-0.39, 0.29) is 23.6 Å². The normalized spacial score (nSPS) is 15.6. The van der Waals surface area contributed by atoms with E-state index in [1.807, 2.05) is 20.8 Å². The van der Waals surface area contributed by atoms with Crippen LogP contribution in [0.2, 0.25) is 5.02 Å². The van der Waals surface area contributed by atoms with Crippen LogP contribution in [0.4, 0.5) is 10.1 Å². The summed E-state index contributed by atoms with van der Waals surface area (Å²) < 4.78 is 14.7. The Bertz CT molecular complexity index is 1170. The average molecular weight is 515 g/mol. The van der Waals surface area contributed by atoms with E-state index in [0.29, 0.717) is 22.7 Å². The lowest BCUT2D eigenvalue weighted by Gasteiger charge is -2.23. The number of hydrogen-bond acceptors (Lipinski definition) is 4. The number of carbonyl (C=O) groups is 3. The van der Waals surface area contributed by atoms with E-state index in [9.17, 15) is 18.8 Å². The number of carbonyl (C=O) groups excluding carboxylic acids is 3. The lowest BCUT2D eigenvalue weighted by atomic mass is 9.93. The van der Waals surface area contributed by atoms with Gasteiger partial charge in [-0.2, -0.15) is 0 Å². The van der Waals surface area contributed by atoms with E-state index in [4.69, 9.17) is 17.3 Å². The first kappa shape index (κ1) is 28.7. The Kier molecular flexibility index (Phi) is 10.3. The number of anilines is 1. The smallest absolute Gasteiger partial charge is 0.272 e. The molecular weight excluding hydrogens is 483 g/mol. The van der Waals surface area contributed by atoms with Crippen LogP contribution >= 0.6 is 11.6 Å². The van der Waals surface area contributed by atoms with E-state index in [2.05, 4.69) is 16.9 Å². The number of benzodiazepines with no additional fused rings is 1. The fourth-order valence-electron chi connectivity index (χ4n) is 3.86. The summed E-state index contributed by atoms with van der Waals surface area (Å²) in [6.07, 6.45) is 0.678. The average Bonchev–Trinajstić information content (AvgIpc) is 2.89. The van der Waals surface area contributed by atoms with E-state index in [1.165, 1.54) is 11.0 Å². The molecule has 3 rings (SSSR count). The molecule has 0 bridgehead atoms. The van der Waals surface area contributed by atoms with Crippen LogP contribution in [0.3, 0.4) is 0 Å². The number of nitrogens with one attached hydrogen (secondary N) is 1. The Hall–Kier alpha value is -3.52. The summed E-state index contributed by atoms with van der Waals surface area (Å²) in [6.45, 7) is 9.08. The van der Waals surface area contributed by atoms with Gasteiger partial charge in [-0.25, -0.2) is 9.38 Å². The molecule has 2 aromatic carbocycles. The number of nitrogens with two attached hydrogens (primary N) is 1. The standard InChI is InChI=1S/C24H26ClFN4O3.C3H6/c1-13(2)10-14(11-20(27)31)23(32)29-22-24(33)30(3)19-9-8-15(25)12-17(19)21(28-22)16-6-4-5-7-18(16)26;1-3-2/h4-9,12-14,22H,10-11H2,1-3H3,(H2,27,31)(H,29,32);3H,1H2,2H3. The summed E-state index contributed by atoms with van der Waals surface area (Å²) in [5.74, 6) is -2.77. The van der Waals surface area contributed by atoms with Crippen molar-refractivity contribution in [3.63, 3.8) is 0 Å². The molecule has 3 amide bonds. The molecule has 1 heterocycles. The number of hydrogen-bond donors (Lipinski definition) is 2. The van der Waals surface area contributed by atoms with Crippen molar-refractivity contribution in [3.8, 4) is 0 Å². The maximum atomic E-state index is 14.7. The number of amides is 3. The van der Waals surface area contributed by atoms with Crippen LogP contribution in [-0.4, -0.2) is 36.6 Å². The molecule has 36 heavy (non-hydrogen) atoms. The minimum atomic E-state index is -1.33. The molecule has 0 radical (unpaired) electrons. The number of halogens is 2. The second kappa shape index (κ2) is 13.0. The first-order valence-electron chi connectivity index (χ1n) is 11.6. The predicted octanol–water partition coefficient (Wildman–Crippen LogP) is 4.47. The molecule has 0 saturated heterocycles. The van der Waals surface area contributed by atoms with Gasteiger partial charge in [-0.1, -0.05) is 43.7 Å². The molecule has 0 spiro atoms. The summed E-state index contributed by atoms with van der Waals surface area (Å²) in [4.78, 5) is 43.6. The second-order valence-corrected chi connectivity index (χ2v) is 9.27. The zero-order valence-corrected chi connectivity index (χ0v) is 21.7. The van der Waals surface area contributed by atoms with Crippen LogP contribution in [-0.2, 0) is 14.4 Å². The minimum Gasteiger partial charge on any atom is -0.370 e. The van der Waals surface area contributed by atoms with Gasteiger partial charge in [-0.3, -0.25) is 14.4 Å². The van der Waals surface area contributed by atoms with Crippen LogP contribution in [0.5, 0.6) is 0 Å². The largest absolute Gasteiger partial charge is 0.370 e. The minimum absolute atomic E-state index is 0.122. The Morgan fingerprint density at radius 1 is 1.25 bits per heavy atom. The van der Waals surface area contributed by atoms with Gasteiger partial charge < -0.3 is 16.0 Å². The molecule has 0 aliphatic carbocycles. The maximum absolute atomic E-state index is 14.7. The third-order valence-corrected chi connectivity index (χ3v) is 5.62. The zero-order chi connectivity index (χ0) is 27.0. The van der Waals surface area contributed by atoms with Crippen LogP contribution < -0.4 is 16.0 Å². The molecule has 192 valence electrons. The highest BCUT2D eigenvalue weighted by molar-refractivity contribution is 6.32. The summed E-state index contributed by atoms with van der Waals surface area (Å²) in [7, 11) is 1.54. The molecule has 0 saturated carbocycles. The maximum Gasteiger partial charge on any atom is 0.272 e. The summed E-state index contributed by atoms with van der Waals surface area (Å²) in [5.41, 5.74) is 6.60. The van der Waals surface area contributed by atoms with Crippen LogP contribution in [0.25, 0.3) is 0 Å². The van der Waals surface area contributed by atoms with E-state index < -0.39 is 35.6 Å². The lowest BCUT2D eigenvalue weighted by Crippen LogP contribution is -2.48. The number of nitrogens with zero attached hydrogens (tertiary/aromatic N) is 2. The van der Waals surface area contributed by atoms with E-state index in [0.717, 1.165) is 0 Å². The number of allylic oxidation sites excluding steroid dienone is 1. The van der Waals surface area contributed by atoms with Crippen LogP contribution in [0.1, 0.15) is 44.7 Å². The molecule has 0 fully saturated rings. The zero-order valence-electron chi connectivity index (χ0n) is 20.9. The fourth-order valence-corrected chi connectivity index (χ4v) is 4.03. The Morgan fingerprint density at radius 3 is 2.47 bits per heavy atom. The van der Waals surface area contributed by atoms with Crippen molar-refractivity contribution < 1.29 is 18.8 Å². The van der Waals surface area contributed by atoms with Gasteiger partial charge in [0, 0.05) is 35.5 Å². The van der Waals surface area contributed by atoms with Gasteiger partial charge in [0.25, 0.3) is 5.91 Å². The Balaban J connectivity index is 0.00000145.